The lowest BCUT2D eigenvalue weighted by atomic mass is 10.2. The van der Waals surface area contributed by atoms with E-state index in [-0.39, 0.29) is 24.4 Å². The van der Waals surface area contributed by atoms with Gasteiger partial charge in [-0.2, -0.15) is 0 Å². The number of carbonyl (C=O) groups excluding carboxylic acids is 2. The van der Waals surface area contributed by atoms with Crippen molar-refractivity contribution < 1.29 is 9.59 Å². The normalized spacial score (nSPS) is 14.1. The van der Waals surface area contributed by atoms with Crippen molar-refractivity contribution in [3.63, 3.8) is 0 Å². The van der Waals surface area contributed by atoms with Crippen LogP contribution in [0.3, 0.4) is 0 Å². The minimum Gasteiger partial charge on any atom is -0.313 e. The van der Waals surface area contributed by atoms with Crippen LogP contribution in [-0.2, 0) is 4.79 Å². The first-order chi connectivity index (χ1) is 11.9. The molecule has 3 amide bonds. The molecular formula is C18H21N5O2. The third-order valence-corrected chi connectivity index (χ3v) is 4.01. The first-order valence-electron chi connectivity index (χ1n) is 8.17. The minimum atomic E-state index is -0.302. The lowest BCUT2D eigenvalue weighted by Gasteiger charge is -2.18. The maximum absolute atomic E-state index is 12.5. The van der Waals surface area contributed by atoms with Gasteiger partial charge in [-0.25, -0.2) is 14.8 Å². The van der Waals surface area contributed by atoms with Gasteiger partial charge in [0, 0.05) is 30.2 Å². The smallest absolute Gasteiger partial charge is 0.313 e. The monoisotopic (exact) mass is 339 g/mol. The molecule has 0 radical (unpaired) electrons. The summed E-state index contributed by atoms with van der Waals surface area (Å²) in [6.45, 7) is 6.74. The SMILES string of the molecule is Cc1ccc(N2CCN(CC(=O)Nc3nc(C)cc(C)n3)C2=O)cc1. The molecule has 7 nitrogen and oxygen atoms in total. The molecule has 3 rings (SSSR count). The Labute approximate surface area is 146 Å². The molecule has 1 aromatic heterocycles. The van der Waals surface area contributed by atoms with Crippen LogP contribution in [0.1, 0.15) is 17.0 Å². The molecule has 7 heteroatoms. The van der Waals surface area contributed by atoms with Crippen molar-refractivity contribution >= 4 is 23.6 Å². The number of nitrogens with one attached hydrogen (secondary N) is 1. The molecule has 1 N–H and O–H groups in total. The van der Waals surface area contributed by atoms with Crippen LogP contribution in [0.2, 0.25) is 0 Å². The molecule has 1 fully saturated rings. The summed E-state index contributed by atoms with van der Waals surface area (Å²) >= 11 is 0. The highest BCUT2D eigenvalue weighted by molar-refractivity contribution is 5.98. The Morgan fingerprint density at radius 1 is 1.08 bits per heavy atom. The van der Waals surface area contributed by atoms with E-state index >= 15 is 0 Å². The number of hydrogen-bond donors (Lipinski definition) is 1. The number of nitrogens with zero attached hydrogens (tertiary/aromatic N) is 4. The summed E-state index contributed by atoms with van der Waals surface area (Å²) in [6, 6.07) is 9.44. The van der Waals surface area contributed by atoms with Crippen LogP contribution in [-0.4, -0.2) is 46.4 Å². The van der Waals surface area contributed by atoms with Gasteiger partial charge in [0.15, 0.2) is 0 Å². The lowest BCUT2D eigenvalue weighted by molar-refractivity contribution is -0.116. The molecule has 25 heavy (non-hydrogen) atoms. The van der Waals surface area contributed by atoms with E-state index in [2.05, 4.69) is 15.3 Å². The number of anilines is 2. The van der Waals surface area contributed by atoms with Crippen LogP contribution in [0.15, 0.2) is 30.3 Å². The molecule has 0 unspecified atom stereocenters. The van der Waals surface area contributed by atoms with E-state index in [1.54, 1.807) is 4.90 Å². The fraction of sp³-hybridized carbons (Fsp3) is 0.333. The summed E-state index contributed by atoms with van der Waals surface area (Å²) in [5.41, 5.74) is 3.55. The molecule has 1 aliphatic rings. The Morgan fingerprint density at radius 3 is 2.36 bits per heavy atom. The largest absolute Gasteiger partial charge is 0.325 e. The van der Waals surface area contributed by atoms with Gasteiger partial charge in [0.05, 0.1) is 0 Å². The second-order valence-corrected chi connectivity index (χ2v) is 6.21. The molecule has 0 spiro atoms. The summed E-state index contributed by atoms with van der Waals surface area (Å²) < 4.78 is 0. The minimum absolute atomic E-state index is 0.0163. The van der Waals surface area contributed by atoms with Crippen LogP contribution in [0.25, 0.3) is 0 Å². The molecule has 0 aliphatic carbocycles. The lowest BCUT2D eigenvalue weighted by Crippen LogP contribution is -2.37. The molecule has 0 saturated carbocycles. The quantitative estimate of drug-likeness (QED) is 0.927. The Morgan fingerprint density at radius 2 is 1.72 bits per heavy atom. The predicted octanol–water partition coefficient (Wildman–Crippen LogP) is 2.28. The first-order valence-corrected chi connectivity index (χ1v) is 8.17. The molecule has 130 valence electrons. The first kappa shape index (κ1) is 16.9. The highest BCUT2D eigenvalue weighted by Crippen LogP contribution is 2.20. The van der Waals surface area contributed by atoms with E-state index in [0.29, 0.717) is 13.1 Å². The summed E-state index contributed by atoms with van der Waals surface area (Å²) in [4.78, 5) is 36.3. The Kier molecular flexibility index (Phi) is 4.65. The van der Waals surface area contributed by atoms with Crippen molar-refractivity contribution in [3.8, 4) is 0 Å². The highest BCUT2D eigenvalue weighted by atomic mass is 16.2. The number of rotatable bonds is 4. The maximum atomic E-state index is 12.5. The Hall–Kier alpha value is -2.96. The van der Waals surface area contributed by atoms with Crippen molar-refractivity contribution in [2.45, 2.75) is 20.8 Å². The van der Waals surface area contributed by atoms with Gasteiger partial charge in [0.2, 0.25) is 11.9 Å². The zero-order valence-electron chi connectivity index (χ0n) is 14.6. The van der Waals surface area contributed by atoms with Crippen LogP contribution in [0.4, 0.5) is 16.4 Å². The van der Waals surface area contributed by atoms with Crippen LogP contribution in [0, 0.1) is 20.8 Å². The number of carbonyl (C=O) groups is 2. The molecule has 0 bridgehead atoms. The average molecular weight is 339 g/mol. The topological polar surface area (TPSA) is 78.4 Å². The predicted molar refractivity (Wildman–Crippen MR) is 95.6 cm³/mol. The van der Waals surface area contributed by atoms with Gasteiger partial charge in [-0.1, -0.05) is 17.7 Å². The number of amides is 3. The number of aromatic nitrogens is 2. The zero-order valence-corrected chi connectivity index (χ0v) is 14.6. The summed E-state index contributed by atoms with van der Waals surface area (Å²) in [5, 5.41) is 2.66. The van der Waals surface area contributed by atoms with E-state index in [4.69, 9.17) is 0 Å². The van der Waals surface area contributed by atoms with Gasteiger partial charge in [-0.05, 0) is 39.0 Å². The van der Waals surface area contributed by atoms with Gasteiger partial charge in [0.25, 0.3) is 0 Å². The standard InChI is InChI=1S/C18H21N5O2/c1-12-4-6-15(7-5-12)23-9-8-22(18(23)25)11-16(24)21-17-19-13(2)10-14(3)20-17/h4-7,10H,8-9,11H2,1-3H3,(H,19,20,21,24). The van der Waals surface area contributed by atoms with Gasteiger partial charge < -0.3 is 4.90 Å². The van der Waals surface area contributed by atoms with E-state index in [1.807, 2.05) is 51.1 Å². The number of hydrogen-bond acceptors (Lipinski definition) is 4. The molecule has 1 aliphatic heterocycles. The van der Waals surface area contributed by atoms with Gasteiger partial charge in [-0.15, -0.1) is 0 Å². The van der Waals surface area contributed by atoms with Crippen molar-refractivity contribution in [2.75, 3.05) is 29.9 Å². The Bertz CT molecular complexity index is 783. The van der Waals surface area contributed by atoms with Crippen molar-refractivity contribution in [2.24, 2.45) is 0 Å². The summed E-state index contributed by atoms with van der Waals surface area (Å²) in [6.07, 6.45) is 0. The third-order valence-electron chi connectivity index (χ3n) is 4.01. The second-order valence-electron chi connectivity index (χ2n) is 6.21. The molecule has 2 heterocycles. The van der Waals surface area contributed by atoms with Crippen LogP contribution >= 0.6 is 0 Å². The molecular weight excluding hydrogens is 318 g/mol. The van der Waals surface area contributed by atoms with E-state index < -0.39 is 0 Å². The summed E-state index contributed by atoms with van der Waals surface area (Å²) in [7, 11) is 0. The fourth-order valence-corrected chi connectivity index (χ4v) is 2.81. The van der Waals surface area contributed by atoms with Gasteiger partial charge in [0.1, 0.15) is 6.54 Å². The van der Waals surface area contributed by atoms with Crippen molar-refractivity contribution in [3.05, 3.63) is 47.3 Å². The van der Waals surface area contributed by atoms with Crippen molar-refractivity contribution in [1.82, 2.24) is 14.9 Å². The highest BCUT2D eigenvalue weighted by Gasteiger charge is 2.30. The maximum Gasteiger partial charge on any atom is 0.325 e. The zero-order chi connectivity index (χ0) is 18.0. The fourth-order valence-electron chi connectivity index (χ4n) is 2.81. The molecule has 1 aromatic carbocycles. The van der Waals surface area contributed by atoms with E-state index in [0.717, 1.165) is 22.6 Å². The van der Waals surface area contributed by atoms with Gasteiger partial charge in [-0.3, -0.25) is 15.0 Å². The van der Waals surface area contributed by atoms with Crippen LogP contribution < -0.4 is 10.2 Å². The van der Waals surface area contributed by atoms with Crippen molar-refractivity contribution in [1.29, 1.82) is 0 Å². The van der Waals surface area contributed by atoms with Crippen LogP contribution in [0.5, 0.6) is 0 Å². The third kappa shape index (κ3) is 3.93. The average Bonchev–Trinajstić information content (AvgIpc) is 2.88. The Balaban J connectivity index is 1.62. The van der Waals surface area contributed by atoms with E-state index in [9.17, 15) is 9.59 Å². The second kappa shape index (κ2) is 6.88. The molecule has 1 saturated heterocycles. The number of urea groups is 1. The van der Waals surface area contributed by atoms with Gasteiger partial charge >= 0.3 is 6.03 Å². The number of aryl methyl sites for hydroxylation is 3. The number of benzene rings is 1. The molecule has 2 aromatic rings. The summed E-state index contributed by atoms with van der Waals surface area (Å²) in [5.74, 6) is -0.0337. The van der Waals surface area contributed by atoms with E-state index in [1.165, 1.54) is 4.90 Å². The molecule has 0 atom stereocenters.